The van der Waals surface area contributed by atoms with Gasteiger partial charge in [-0.05, 0) is 0 Å². The predicted octanol–water partition coefficient (Wildman–Crippen LogP) is 3.49. The molecule has 0 aromatic rings. The first-order valence-electron chi connectivity index (χ1n) is 6.78. The van der Waals surface area contributed by atoms with Crippen LogP contribution < -0.4 is 0 Å². The van der Waals surface area contributed by atoms with Crippen LogP contribution in [0.3, 0.4) is 0 Å². The molecule has 0 aromatic carbocycles. The number of hydrogen-bond acceptors (Lipinski definition) is 3. The van der Waals surface area contributed by atoms with E-state index in [4.69, 9.17) is 15.3 Å². The van der Waals surface area contributed by atoms with Gasteiger partial charge >= 0.3 is 17.9 Å². The van der Waals surface area contributed by atoms with Crippen LogP contribution in [0.4, 0.5) is 0 Å². The van der Waals surface area contributed by atoms with Crippen LogP contribution in [0.2, 0.25) is 0 Å². The Morgan fingerprint density at radius 2 is 1.12 bits per heavy atom. The molecule has 0 heterocycles. The number of carboxylic acid groups (broad SMARTS) is 3. The normalized spacial score (nSPS) is 13.6. The van der Waals surface area contributed by atoms with Crippen LogP contribution in [0.15, 0.2) is 54.7 Å². The fourth-order valence-electron chi connectivity index (χ4n) is 1.16. The van der Waals surface area contributed by atoms with Gasteiger partial charge in [-0.1, -0.05) is 46.4 Å². The summed E-state index contributed by atoms with van der Waals surface area (Å²) >= 11 is 0. The molecule has 25 heavy (non-hydrogen) atoms. The molecule has 0 saturated carbocycles. The maximum Gasteiger partial charge on any atom is 0.327 e. The molecule has 0 radical (unpaired) electrons. The Bertz CT molecular complexity index is 501. The molecule has 0 aromatic heterocycles. The van der Waals surface area contributed by atoms with Crippen molar-refractivity contribution in [2.45, 2.75) is 27.7 Å². The van der Waals surface area contributed by atoms with Gasteiger partial charge in [-0.2, -0.15) is 11.1 Å². The largest absolute Gasteiger partial charge is 0.478 e. The first kappa shape index (κ1) is 30.7. The van der Waals surface area contributed by atoms with Crippen molar-refractivity contribution in [1.29, 1.82) is 0 Å². The Morgan fingerprint density at radius 3 is 1.16 bits per heavy atom. The molecule has 0 amide bonds. The first-order valence-corrected chi connectivity index (χ1v) is 6.78. The van der Waals surface area contributed by atoms with Gasteiger partial charge in [0.2, 0.25) is 0 Å². The molecule has 0 aliphatic heterocycles. The Kier molecular flexibility index (Phi) is 22.3. The van der Waals surface area contributed by atoms with E-state index in [1.54, 1.807) is 0 Å². The molecule has 1 aliphatic carbocycles. The molecule has 3 N–H and O–H groups in total. The van der Waals surface area contributed by atoms with Crippen LogP contribution in [0.1, 0.15) is 27.7 Å². The zero-order valence-corrected chi connectivity index (χ0v) is 16.6. The third-order valence-electron chi connectivity index (χ3n) is 2.76. The van der Waals surface area contributed by atoms with E-state index < -0.39 is 17.9 Å². The number of carbonyl (C=O) groups is 3. The second-order valence-corrected chi connectivity index (χ2v) is 4.43. The van der Waals surface area contributed by atoms with Crippen LogP contribution in [0.25, 0.3) is 0 Å². The number of aliphatic carboxylic acids is 3. The summed E-state index contributed by atoms with van der Waals surface area (Å²) in [5, 5.41) is 22.8. The molecular weight excluding hydrogens is 360 g/mol. The van der Waals surface area contributed by atoms with Crippen molar-refractivity contribution in [3.63, 3.8) is 0 Å². The number of hydrogen-bond donors (Lipinski definition) is 3. The summed E-state index contributed by atoms with van der Waals surface area (Å²) in [5.74, 6) is -2.38. The topological polar surface area (TPSA) is 112 Å². The fourth-order valence-corrected chi connectivity index (χ4v) is 1.16. The minimum atomic E-state index is -0.981. The number of allylic oxidation sites excluding steroid dienone is 4. The SMILES string of the molecule is C=CC(=O)O.C=CC(=O)O.C=CC(=O)O.CC1=[C-]C(C)C(C)=C1C.[Ti]. The summed E-state index contributed by atoms with van der Waals surface area (Å²) < 4.78 is 0. The van der Waals surface area contributed by atoms with Crippen molar-refractivity contribution in [1.82, 2.24) is 0 Å². The standard InChI is InChI=1S/C9H13.3C3H4O2.Ti/c1-6-5-7(2)9(4)8(6)3;3*1-2-3(4)5;/h6H,1-4H3;3*2H,1H2,(H,4,5);/q-1;;;;. The van der Waals surface area contributed by atoms with E-state index in [-0.39, 0.29) is 21.7 Å². The summed E-state index contributed by atoms with van der Waals surface area (Å²) in [6.07, 6.45) is 5.86. The molecule has 0 bridgehead atoms. The van der Waals surface area contributed by atoms with Gasteiger partial charge < -0.3 is 15.3 Å². The molecule has 1 rings (SSSR count). The smallest absolute Gasteiger partial charge is 0.327 e. The average molecular weight is 385 g/mol. The van der Waals surface area contributed by atoms with E-state index in [9.17, 15) is 14.4 Å². The van der Waals surface area contributed by atoms with Crippen LogP contribution >= 0.6 is 0 Å². The van der Waals surface area contributed by atoms with Gasteiger partial charge in [-0.15, -0.1) is 6.92 Å². The van der Waals surface area contributed by atoms with Crippen molar-refractivity contribution in [3.8, 4) is 0 Å². The molecular formula is C18H25O6Ti-. The second kappa shape index (κ2) is 18.2. The molecule has 0 saturated heterocycles. The van der Waals surface area contributed by atoms with Crippen LogP contribution in [-0.4, -0.2) is 33.2 Å². The summed E-state index contributed by atoms with van der Waals surface area (Å²) in [4.78, 5) is 27.8. The minimum Gasteiger partial charge on any atom is -0.478 e. The Balaban J connectivity index is -0.000000122. The molecule has 1 unspecified atom stereocenters. The van der Waals surface area contributed by atoms with E-state index in [1.807, 2.05) is 0 Å². The van der Waals surface area contributed by atoms with Crippen LogP contribution in [0, 0.1) is 12.0 Å². The Morgan fingerprint density at radius 1 is 0.880 bits per heavy atom. The van der Waals surface area contributed by atoms with Gasteiger partial charge in [0.1, 0.15) is 0 Å². The van der Waals surface area contributed by atoms with Crippen molar-refractivity contribution in [2.24, 2.45) is 5.92 Å². The van der Waals surface area contributed by atoms with Gasteiger partial charge in [0.05, 0.1) is 0 Å². The maximum atomic E-state index is 9.25. The van der Waals surface area contributed by atoms with E-state index in [1.165, 1.54) is 16.7 Å². The molecule has 1 atom stereocenters. The van der Waals surface area contributed by atoms with Crippen LogP contribution in [0.5, 0.6) is 0 Å². The zero-order valence-electron chi connectivity index (χ0n) is 15.0. The van der Waals surface area contributed by atoms with E-state index >= 15 is 0 Å². The quantitative estimate of drug-likeness (QED) is 0.390. The van der Waals surface area contributed by atoms with Gasteiger partial charge in [0.15, 0.2) is 0 Å². The minimum absolute atomic E-state index is 0. The molecule has 0 spiro atoms. The maximum absolute atomic E-state index is 9.25. The van der Waals surface area contributed by atoms with Gasteiger partial charge in [0, 0.05) is 39.9 Å². The van der Waals surface area contributed by atoms with E-state index in [2.05, 4.69) is 53.5 Å². The molecule has 7 heteroatoms. The number of carboxylic acids is 3. The van der Waals surface area contributed by atoms with Crippen molar-refractivity contribution >= 4 is 17.9 Å². The van der Waals surface area contributed by atoms with Gasteiger partial charge in [-0.25, -0.2) is 20.0 Å². The fraction of sp³-hybridized carbons (Fsp3) is 0.278. The van der Waals surface area contributed by atoms with Crippen molar-refractivity contribution < 1.29 is 51.4 Å². The van der Waals surface area contributed by atoms with Gasteiger partial charge in [-0.3, -0.25) is 6.08 Å². The third-order valence-corrected chi connectivity index (χ3v) is 2.76. The summed E-state index contributed by atoms with van der Waals surface area (Å²) in [6.45, 7) is 17.6. The van der Waals surface area contributed by atoms with Crippen LogP contribution in [-0.2, 0) is 36.1 Å². The summed E-state index contributed by atoms with van der Waals surface area (Å²) in [5.41, 5.74) is 4.25. The van der Waals surface area contributed by atoms with E-state index in [0.29, 0.717) is 5.92 Å². The second-order valence-electron chi connectivity index (χ2n) is 4.43. The summed E-state index contributed by atoms with van der Waals surface area (Å²) in [7, 11) is 0. The predicted molar refractivity (Wildman–Crippen MR) is 93.5 cm³/mol. The summed E-state index contributed by atoms with van der Waals surface area (Å²) in [6, 6.07) is 0. The molecule has 138 valence electrons. The first-order chi connectivity index (χ1) is 10.9. The van der Waals surface area contributed by atoms with Crippen molar-refractivity contribution in [3.05, 3.63) is 60.8 Å². The zero-order chi connectivity index (χ0) is 19.9. The number of rotatable bonds is 3. The molecule has 1 aliphatic rings. The third kappa shape index (κ3) is 21.8. The molecule has 6 nitrogen and oxygen atoms in total. The van der Waals surface area contributed by atoms with E-state index in [0.717, 1.165) is 18.2 Å². The monoisotopic (exact) mass is 385 g/mol. The Labute approximate surface area is 163 Å². The molecule has 0 fully saturated rings. The Hall–Kier alpha value is -2.18. The average Bonchev–Trinajstić information content (AvgIpc) is 2.75. The van der Waals surface area contributed by atoms with Crippen molar-refractivity contribution in [2.75, 3.05) is 0 Å². The van der Waals surface area contributed by atoms with Gasteiger partial charge in [0.25, 0.3) is 0 Å².